The molecule has 8 heteroatoms. The number of anilines is 1. The lowest BCUT2D eigenvalue weighted by atomic mass is 10.3. The molecule has 3 N–H and O–H groups in total. The Labute approximate surface area is 140 Å². The molecule has 0 atom stereocenters. The first-order chi connectivity index (χ1) is 11.5. The Morgan fingerprint density at radius 3 is 2.38 bits per heavy atom. The Morgan fingerprint density at radius 1 is 1.21 bits per heavy atom. The summed E-state index contributed by atoms with van der Waals surface area (Å²) in [5.41, 5.74) is 6.40. The molecule has 0 fully saturated rings. The molecule has 0 aliphatic rings. The topological polar surface area (TPSA) is 117 Å². The summed E-state index contributed by atoms with van der Waals surface area (Å²) in [6, 6.07) is 7.29. The molecule has 0 radical (unpaired) electrons. The number of benzene rings is 1. The Kier molecular flexibility index (Phi) is 8.95. The van der Waals surface area contributed by atoms with E-state index in [1.54, 1.807) is 26.2 Å². The minimum Gasteiger partial charge on any atom is -0.491 e. The molecule has 1 aromatic carbocycles. The number of carbonyl (C=O) groups is 1. The molecule has 1 heterocycles. The van der Waals surface area contributed by atoms with Crippen molar-refractivity contribution in [3.63, 3.8) is 0 Å². The zero-order valence-electron chi connectivity index (χ0n) is 13.7. The van der Waals surface area contributed by atoms with Gasteiger partial charge in [-0.05, 0) is 31.2 Å². The van der Waals surface area contributed by atoms with Gasteiger partial charge in [0.05, 0.1) is 26.0 Å². The highest BCUT2D eigenvalue weighted by molar-refractivity contribution is 5.88. The van der Waals surface area contributed by atoms with Gasteiger partial charge in [0.1, 0.15) is 23.7 Å². The van der Waals surface area contributed by atoms with Crippen LogP contribution in [0, 0.1) is 6.92 Å². The lowest BCUT2D eigenvalue weighted by Gasteiger charge is -2.06. The first-order valence-corrected chi connectivity index (χ1v) is 7.24. The maximum absolute atomic E-state index is 10.2. The normalized spacial score (nSPS) is 9.92. The number of carboxylic acid groups (broad SMARTS) is 1. The number of carboxylic acids is 1. The number of nitrogen functional groups attached to an aromatic ring is 1. The number of hydrogen-bond donors (Lipinski definition) is 2. The summed E-state index contributed by atoms with van der Waals surface area (Å²) >= 11 is 0. The fraction of sp³-hybridized carbons (Fsp3) is 0.375. The van der Waals surface area contributed by atoms with Crippen LogP contribution in [0.5, 0.6) is 5.75 Å². The van der Waals surface area contributed by atoms with Gasteiger partial charge in [0.25, 0.3) is 0 Å². The first-order valence-electron chi connectivity index (χ1n) is 7.24. The van der Waals surface area contributed by atoms with Gasteiger partial charge in [-0.1, -0.05) is 5.16 Å². The summed E-state index contributed by atoms with van der Waals surface area (Å²) in [5.74, 6) is 0.135. The van der Waals surface area contributed by atoms with Crippen LogP contribution in [0.3, 0.4) is 0 Å². The van der Waals surface area contributed by atoms with Crippen LogP contribution in [0.15, 0.2) is 35.0 Å². The third-order valence-electron chi connectivity index (χ3n) is 2.79. The highest BCUT2D eigenvalue weighted by Crippen LogP contribution is 2.12. The van der Waals surface area contributed by atoms with Gasteiger partial charge in [0, 0.05) is 12.8 Å². The summed E-state index contributed by atoms with van der Waals surface area (Å²) in [6.07, 6.45) is 1.18. The number of rotatable bonds is 8. The molecular weight excluding hydrogens is 316 g/mol. The van der Waals surface area contributed by atoms with Crippen LogP contribution in [-0.2, 0) is 9.47 Å². The van der Waals surface area contributed by atoms with Crippen molar-refractivity contribution >= 4 is 11.7 Å². The van der Waals surface area contributed by atoms with Gasteiger partial charge in [-0.25, -0.2) is 4.79 Å². The Hall–Kier alpha value is -2.58. The van der Waals surface area contributed by atoms with Crippen molar-refractivity contribution in [2.75, 3.05) is 39.3 Å². The van der Waals surface area contributed by atoms with Crippen molar-refractivity contribution in [2.45, 2.75) is 6.92 Å². The number of nitrogens with two attached hydrogens (primary N) is 1. The molecule has 0 amide bonds. The van der Waals surface area contributed by atoms with Crippen LogP contribution in [0.2, 0.25) is 0 Å². The predicted octanol–water partition coefficient (Wildman–Crippen LogP) is 1.99. The number of hydrogen-bond acceptors (Lipinski definition) is 7. The SMILES string of the molecule is COCCOCCOc1ccc(N)cc1.Cc1oncc1C(=O)O. The van der Waals surface area contributed by atoms with Crippen LogP contribution in [0.25, 0.3) is 0 Å². The van der Waals surface area contributed by atoms with Gasteiger partial charge in [0.2, 0.25) is 0 Å². The molecule has 132 valence electrons. The molecule has 0 saturated carbocycles. The standard InChI is InChI=1S/C11H17NO3.C5H5NO3/c1-13-6-7-14-8-9-15-11-4-2-10(12)3-5-11;1-3-4(5(7)8)2-6-9-3/h2-5H,6-9,12H2,1H3;2H,1H3,(H,7,8). The molecule has 0 aliphatic heterocycles. The maximum Gasteiger partial charge on any atom is 0.340 e. The lowest BCUT2D eigenvalue weighted by molar-refractivity contribution is 0.0544. The van der Waals surface area contributed by atoms with Gasteiger partial charge in [-0.15, -0.1) is 0 Å². The van der Waals surface area contributed by atoms with E-state index < -0.39 is 5.97 Å². The second kappa shape index (κ2) is 11.0. The van der Waals surface area contributed by atoms with Crippen LogP contribution in [-0.4, -0.2) is 49.8 Å². The van der Waals surface area contributed by atoms with Gasteiger partial charge in [-0.3, -0.25) is 0 Å². The van der Waals surface area contributed by atoms with Crippen LogP contribution >= 0.6 is 0 Å². The third kappa shape index (κ3) is 7.61. The first kappa shape index (κ1) is 19.5. The molecule has 0 aliphatic carbocycles. The van der Waals surface area contributed by atoms with Gasteiger partial charge < -0.3 is 29.6 Å². The Balaban J connectivity index is 0.000000272. The van der Waals surface area contributed by atoms with Crippen LogP contribution in [0.4, 0.5) is 5.69 Å². The molecule has 0 spiro atoms. The number of aromatic carboxylic acids is 1. The Morgan fingerprint density at radius 2 is 1.88 bits per heavy atom. The summed E-state index contributed by atoms with van der Waals surface area (Å²) in [7, 11) is 1.65. The molecular formula is C16H22N2O6. The fourth-order valence-corrected chi connectivity index (χ4v) is 1.53. The van der Waals surface area contributed by atoms with Gasteiger partial charge in [-0.2, -0.15) is 0 Å². The monoisotopic (exact) mass is 338 g/mol. The van der Waals surface area contributed by atoms with Gasteiger partial charge >= 0.3 is 5.97 Å². The van der Waals surface area contributed by atoms with Crippen molar-refractivity contribution in [1.29, 1.82) is 0 Å². The van der Waals surface area contributed by atoms with E-state index in [-0.39, 0.29) is 5.56 Å². The highest BCUT2D eigenvalue weighted by atomic mass is 16.5. The van der Waals surface area contributed by atoms with Crippen molar-refractivity contribution in [2.24, 2.45) is 0 Å². The van der Waals surface area contributed by atoms with E-state index >= 15 is 0 Å². The van der Waals surface area contributed by atoms with Crippen molar-refractivity contribution in [3.8, 4) is 5.75 Å². The fourth-order valence-electron chi connectivity index (χ4n) is 1.53. The van der Waals surface area contributed by atoms with Crippen molar-refractivity contribution < 1.29 is 28.6 Å². The van der Waals surface area contributed by atoms with E-state index in [0.717, 1.165) is 11.4 Å². The summed E-state index contributed by atoms with van der Waals surface area (Å²) < 4.78 is 20.0. The largest absolute Gasteiger partial charge is 0.491 e. The quantitative estimate of drug-likeness (QED) is 0.554. The molecule has 0 unspecified atom stereocenters. The molecule has 0 bridgehead atoms. The Bertz CT molecular complexity index is 597. The average molecular weight is 338 g/mol. The third-order valence-corrected chi connectivity index (χ3v) is 2.79. The number of aryl methyl sites for hydroxylation is 1. The zero-order chi connectivity index (χ0) is 17.8. The molecule has 8 nitrogen and oxygen atoms in total. The van der Waals surface area contributed by atoms with Gasteiger partial charge in [0.15, 0.2) is 0 Å². The summed E-state index contributed by atoms with van der Waals surface area (Å²) in [5, 5.41) is 11.6. The van der Waals surface area contributed by atoms with E-state index in [1.807, 2.05) is 12.1 Å². The summed E-state index contributed by atoms with van der Waals surface area (Å²) in [4.78, 5) is 10.2. The number of nitrogens with zero attached hydrogens (tertiary/aromatic N) is 1. The molecule has 2 rings (SSSR count). The van der Waals surface area contributed by atoms with E-state index in [9.17, 15) is 4.79 Å². The van der Waals surface area contributed by atoms with Crippen molar-refractivity contribution in [1.82, 2.24) is 5.16 Å². The minimum atomic E-state index is -1.01. The van der Waals surface area contributed by atoms with Crippen LogP contribution in [0.1, 0.15) is 16.1 Å². The predicted molar refractivity (Wildman–Crippen MR) is 87.2 cm³/mol. The van der Waals surface area contributed by atoms with E-state index in [4.69, 9.17) is 25.1 Å². The summed E-state index contributed by atoms with van der Waals surface area (Å²) in [6.45, 7) is 3.86. The average Bonchev–Trinajstić information content (AvgIpc) is 2.99. The molecule has 0 saturated heterocycles. The van der Waals surface area contributed by atoms with E-state index in [1.165, 1.54) is 6.20 Å². The highest BCUT2D eigenvalue weighted by Gasteiger charge is 2.09. The number of ether oxygens (including phenoxy) is 3. The van der Waals surface area contributed by atoms with Crippen molar-refractivity contribution in [3.05, 3.63) is 41.8 Å². The van der Waals surface area contributed by atoms with E-state index in [0.29, 0.717) is 32.2 Å². The zero-order valence-corrected chi connectivity index (χ0v) is 13.7. The maximum atomic E-state index is 10.2. The minimum absolute atomic E-state index is 0.120. The molecule has 2 aromatic rings. The molecule has 1 aromatic heterocycles. The second-order valence-corrected chi connectivity index (χ2v) is 4.62. The number of methoxy groups -OCH3 is 1. The smallest absolute Gasteiger partial charge is 0.340 e. The van der Waals surface area contributed by atoms with E-state index in [2.05, 4.69) is 9.68 Å². The molecule has 24 heavy (non-hydrogen) atoms. The number of aromatic nitrogens is 1. The second-order valence-electron chi connectivity index (χ2n) is 4.62. The van der Waals surface area contributed by atoms with Crippen LogP contribution < -0.4 is 10.5 Å². The lowest BCUT2D eigenvalue weighted by Crippen LogP contribution is -2.09.